The van der Waals surface area contributed by atoms with E-state index in [0.717, 1.165) is 24.2 Å². The van der Waals surface area contributed by atoms with Crippen LogP contribution in [-0.2, 0) is 9.53 Å². The molecule has 4 heteroatoms. The first-order valence-corrected chi connectivity index (χ1v) is 8.86. The summed E-state index contributed by atoms with van der Waals surface area (Å²) in [5.41, 5.74) is 1.96. The van der Waals surface area contributed by atoms with Crippen LogP contribution < -0.4 is 0 Å². The molecule has 2 atom stereocenters. The summed E-state index contributed by atoms with van der Waals surface area (Å²) in [5.74, 6) is 0.149. The molecule has 1 aliphatic rings. The van der Waals surface area contributed by atoms with Gasteiger partial charge in [-0.3, -0.25) is 4.79 Å². The zero-order valence-electron chi connectivity index (χ0n) is 14.5. The molecule has 0 radical (unpaired) electrons. The van der Waals surface area contributed by atoms with E-state index in [9.17, 15) is 9.18 Å². The molecule has 3 nitrogen and oxygen atoms in total. The number of carbonyl (C=O) groups is 1. The maximum absolute atomic E-state index is 13.4. The third kappa shape index (κ3) is 4.26. The summed E-state index contributed by atoms with van der Waals surface area (Å²) in [6.45, 7) is 3.99. The van der Waals surface area contributed by atoms with Gasteiger partial charge in [0.1, 0.15) is 5.82 Å². The molecular formula is C21H24FNO2. The molecule has 132 valence electrons. The Morgan fingerprint density at radius 2 is 1.84 bits per heavy atom. The van der Waals surface area contributed by atoms with Gasteiger partial charge in [0.05, 0.1) is 6.04 Å². The van der Waals surface area contributed by atoms with E-state index in [1.54, 1.807) is 12.1 Å². The van der Waals surface area contributed by atoms with Crippen LogP contribution in [0, 0.1) is 11.7 Å². The van der Waals surface area contributed by atoms with Gasteiger partial charge in [0, 0.05) is 26.2 Å². The van der Waals surface area contributed by atoms with Crippen molar-refractivity contribution in [3.8, 4) is 0 Å². The van der Waals surface area contributed by atoms with E-state index in [1.165, 1.54) is 12.1 Å². The normalized spacial score (nSPS) is 18.1. The van der Waals surface area contributed by atoms with Crippen LogP contribution in [0.1, 0.15) is 36.9 Å². The first-order valence-electron chi connectivity index (χ1n) is 8.86. The van der Waals surface area contributed by atoms with Crippen LogP contribution >= 0.6 is 0 Å². The summed E-state index contributed by atoms with van der Waals surface area (Å²) in [6, 6.07) is 16.2. The number of ether oxygens (including phenoxy) is 1. The van der Waals surface area contributed by atoms with Crippen LogP contribution in [0.15, 0.2) is 54.6 Å². The fraction of sp³-hybridized carbons (Fsp3) is 0.381. The van der Waals surface area contributed by atoms with Crippen LogP contribution in [0.25, 0.3) is 0 Å². The van der Waals surface area contributed by atoms with Crippen molar-refractivity contribution in [3.63, 3.8) is 0 Å². The summed E-state index contributed by atoms with van der Waals surface area (Å²) < 4.78 is 18.8. The maximum atomic E-state index is 13.4. The Balaban J connectivity index is 1.90. The van der Waals surface area contributed by atoms with Crippen molar-refractivity contribution in [2.75, 3.05) is 19.8 Å². The molecule has 1 amide bonds. The van der Waals surface area contributed by atoms with Crippen LogP contribution in [0.2, 0.25) is 0 Å². The molecule has 0 N–H and O–H groups in total. The van der Waals surface area contributed by atoms with Gasteiger partial charge in [0.25, 0.3) is 0 Å². The third-order valence-corrected chi connectivity index (χ3v) is 4.76. The van der Waals surface area contributed by atoms with Crippen molar-refractivity contribution in [2.45, 2.75) is 25.8 Å². The van der Waals surface area contributed by atoms with Crippen molar-refractivity contribution in [1.82, 2.24) is 4.90 Å². The molecule has 25 heavy (non-hydrogen) atoms. The quantitative estimate of drug-likeness (QED) is 0.788. The lowest BCUT2D eigenvalue weighted by atomic mass is 9.95. The average molecular weight is 341 g/mol. The molecule has 2 aromatic carbocycles. The van der Waals surface area contributed by atoms with Gasteiger partial charge in [-0.1, -0.05) is 42.5 Å². The van der Waals surface area contributed by atoms with E-state index >= 15 is 0 Å². The van der Waals surface area contributed by atoms with E-state index in [-0.39, 0.29) is 17.8 Å². The molecule has 0 aromatic heterocycles. The molecule has 1 fully saturated rings. The van der Waals surface area contributed by atoms with Crippen LogP contribution in [0.3, 0.4) is 0 Å². The van der Waals surface area contributed by atoms with Gasteiger partial charge >= 0.3 is 0 Å². The Hall–Kier alpha value is -2.20. The topological polar surface area (TPSA) is 29.5 Å². The van der Waals surface area contributed by atoms with Gasteiger partial charge in [0.2, 0.25) is 5.91 Å². The number of benzene rings is 2. The van der Waals surface area contributed by atoms with Gasteiger partial charge in [-0.15, -0.1) is 0 Å². The Bertz CT molecular complexity index is 681. The molecule has 1 heterocycles. The van der Waals surface area contributed by atoms with E-state index in [4.69, 9.17) is 4.74 Å². The van der Waals surface area contributed by atoms with E-state index < -0.39 is 0 Å². The second-order valence-electron chi connectivity index (χ2n) is 6.48. The second kappa shape index (κ2) is 8.26. The minimum atomic E-state index is -0.270. The van der Waals surface area contributed by atoms with E-state index in [0.29, 0.717) is 25.5 Å². The summed E-state index contributed by atoms with van der Waals surface area (Å²) in [6.07, 6.45) is 1.44. The smallest absolute Gasteiger partial charge is 0.223 e. The fourth-order valence-electron chi connectivity index (χ4n) is 3.44. The second-order valence-corrected chi connectivity index (χ2v) is 6.48. The summed E-state index contributed by atoms with van der Waals surface area (Å²) >= 11 is 0. The number of hydrogen-bond donors (Lipinski definition) is 0. The first kappa shape index (κ1) is 17.6. The minimum absolute atomic E-state index is 0.121. The zero-order chi connectivity index (χ0) is 17.6. The first-order chi connectivity index (χ1) is 12.2. The van der Waals surface area contributed by atoms with Gasteiger partial charge in [-0.05, 0) is 42.5 Å². The largest absolute Gasteiger partial charge is 0.381 e. The fourth-order valence-corrected chi connectivity index (χ4v) is 3.44. The highest BCUT2D eigenvalue weighted by Crippen LogP contribution is 2.30. The lowest BCUT2D eigenvalue weighted by Gasteiger charge is -2.32. The molecule has 3 rings (SSSR count). The molecule has 0 saturated carbocycles. The highest BCUT2D eigenvalue weighted by molar-refractivity contribution is 5.77. The highest BCUT2D eigenvalue weighted by Gasteiger charge is 2.28. The van der Waals surface area contributed by atoms with Crippen molar-refractivity contribution in [3.05, 3.63) is 71.5 Å². The molecule has 0 unspecified atom stereocenters. The summed E-state index contributed by atoms with van der Waals surface area (Å²) in [7, 11) is 0. The van der Waals surface area contributed by atoms with Crippen LogP contribution in [0.4, 0.5) is 4.39 Å². The molecule has 1 aliphatic heterocycles. The third-order valence-electron chi connectivity index (χ3n) is 4.76. The zero-order valence-corrected chi connectivity index (χ0v) is 14.5. The molecule has 1 saturated heterocycles. The number of rotatable bonds is 6. The number of nitrogens with zero attached hydrogens (tertiary/aromatic N) is 1. The Kier molecular flexibility index (Phi) is 5.82. The Labute approximate surface area is 148 Å². The van der Waals surface area contributed by atoms with E-state index in [1.807, 2.05) is 42.2 Å². The van der Waals surface area contributed by atoms with Crippen LogP contribution in [0.5, 0.6) is 0 Å². The Morgan fingerprint density at radius 3 is 2.44 bits per heavy atom. The molecule has 2 aromatic rings. The molecule has 0 spiro atoms. The number of hydrogen-bond acceptors (Lipinski definition) is 2. The lowest BCUT2D eigenvalue weighted by Crippen LogP contribution is -2.36. The van der Waals surface area contributed by atoms with Gasteiger partial charge in [0.15, 0.2) is 0 Å². The highest BCUT2D eigenvalue weighted by atomic mass is 19.1. The average Bonchev–Trinajstić information content (AvgIpc) is 3.14. The van der Waals surface area contributed by atoms with Crippen LogP contribution in [-0.4, -0.2) is 30.6 Å². The molecule has 0 aliphatic carbocycles. The standard InChI is InChI=1S/C21H24FNO2/c1-2-23(20(24)14-16-12-13-25-15-16)21(17-6-4-3-5-7-17)18-8-10-19(22)11-9-18/h3-11,16,21H,2,12-15H2,1H3/t16-,21+/m0/s1. The predicted octanol–water partition coefficient (Wildman–Crippen LogP) is 4.19. The number of carbonyl (C=O) groups excluding carboxylic acids is 1. The van der Waals surface area contributed by atoms with Gasteiger partial charge < -0.3 is 9.64 Å². The van der Waals surface area contributed by atoms with E-state index in [2.05, 4.69) is 0 Å². The van der Waals surface area contributed by atoms with Crippen molar-refractivity contribution in [2.24, 2.45) is 5.92 Å². The summed E-state index contributed by atoms with van der Waals surface area (Å²) in [4.78, 5) is 14.9. The van der Waals surface area contributed by atoms with Crippen molar-refractivity contribution < 1.29 is 13.9 Å². The maximum Gasteiger partial charge on any atom is 0.223 e. The predicted molar refractivity (Wildman–Crippen MR) is 95.6 cm³/mol. The minimum Gasteiger partial charge on any atom is -0.381 e. The summed E-state index contributed by atoms with van der Waals surface area (Å²) in [5, 5.41) is 0. The Morgan fingerprint density at radius 1 is 1.16 bits per heavy atom. The lowest BCUT2D eigenvalue weighted by molar-refractivity contribution is -0.133. The number of amides is 1. The SMILES string of the molecule is CCN(C(=O)C[C@@H]1CCOC1)[C@H](c1ccccc1)c1ccc(F)cc1. The van der Waals surface area contributed by atoms with Gasteiger partial charge in [-0.2, -0.15) is 0 Å². The van der Waals surface area contributed by atoms with Crippen molar-refractivity contribution >= 4 is 5.91 Å². The molecular weight excluding hydrogens is 317 g/mol. The number of halogens is 1. The molecule has 0 bridgehead atoms. The van der Waals surface area contributed by atoms with Gasteiger partial charge in [-0.25, -0.2) is 4.39 Å². The monoisotopic (exact) mass is 341 g/mol. The van der Waals surface area contributed by atoms with Crippen molar-refractivity contribution in [1.29, 1.82) is 0 Å².